The van der Waals surface area contributed by atoms with E-state index < -0.39 is 71.6 Å². The van der Waals surface area contributed by atoms with Crippen molar-refractivity contribution >= 4 is 46.2 Å². The summed E-state index contributed by atoms with van der Waals surface area (Å²) in [5, 5.41) is 35.9. The van der Waals surface area contributed by atoms with E-state index in [4.69, 9.17) is 5.73 Å². The molecule has 5 rings (SSSR count). The quantitative estimate of drug-likeness (QED) is 0.0570. The maximum Gasteiger partial charge on any atom is 0.255 e. The molecule has 9 N–H and O–H groups in total. The first-order valence-electron chi connectivity index (χ1n) is 20.8. The zero-order chi connectivity index (χ0) is 45.6. The molecular formula is C48H55N7O8. The van der Waals surface area contributed by atoms with Crippen LogP contribution in [0.3, 0.4) is 0 Å². The van der Waals surface area contributed by atoms with Crippen LogP contribution in [0, 0.1) is 11.8 Å². The van der Waals surface area contributed by atoms with Crippen molar-refractivity contribution < 1.29 is 39.0 Å². The maximum absolute atomic E-state index is 14.5. The number of nitrogens with two attached hydrogens (primary N) is 1. The number of hydrogen-bond acceptors (Lipinski definition) is 9. The molecule has 0 saturated heterocycles. The maximum atomic E-state index is 14.5. The molecule has 5 atom stereocenters. The SMILES string of the molecule is CC(C)C[C@@H](NC(=O)[C@H](NC(=O)[C@@H](Cc1ccccc1)NC(=O)[C@@H](Cc1ccccc1)NC(=O)[C@@H](Cc1ccncc1)NC(=O)c1cc2c(O)cccc2cc1O)C(C)C)C(N)=O. The summed E-state index contributed by atoms with van der Waals surface area (Å²) < 4.78 is 0. The summed E-state index contributed by atoms with van der Waals surface area (Å²) in [6, 6.07) is 22.7. The van der Waals surface area contributed by atoms with E-state index in [2.05, 4.69) is 31.6 Å². The minimum atomic E-state index is -1.29. The number of fused-ring (bicyclic) bond motifs is 1. The standard InChI is InChI=1S/C48H55N7O8/c1-28(2)22-36(43(49)58)51-48(63)42(29(3)4)55-47(62)39(24-31-14-9-6-10-15-31)54-46(61)38(23-30-12-7-5-8-13-30)53-45(60)37(25-32-18-20-50-21-19-32)52-44(59)35-27-34-33(26-41(35)57)16-11-17-40(34)56/h5-21,26-29,36-39,42,56-57H,22-25H2,1-4H3,(H2,49,58)(H,51,63)(H,52,59)(H,53,60)(H,54,61)(H,55,62)/t36-,37-,38-,39-,42-/m1/s1. The average Bonchev–Trinajstić information content (AvgIpc) is 3.25. The molecule has 0 saturated carbocycles. The lowest BCUT2D eigenvalue weighted by Gasteiger charge is -2.28. The van der Waals surface area contributed by atoms with Crippen molar-refractivity contribution in [2.75, 3.05) is 0 Å². The van der Waals surface area contributed by atoms with Crippen LogP contribution in [-0.2, 0) is 43.2 Å². The highest BCUT2D eigenvalue weighted by Crippen LogP contribution is 2.30. The Hall–Kier alpha value is -7.29. The summed E-state index contributed by atoms with van der Waals surface area (Å²) in [5.74, 6) is -5.17. The van der Waals surface area contributed by atoms with E-state index in [9.17, 15) is 39.0 Å². The Morgan fingerprint density at radius 3 is 1.56 bits per heavy atom. The van der Waals surface area contributed by atoms with E-state index in [0.29, 0.717) is 33.9 Å². The Morgan fingerprint density at radius 1 is 0.556 bits per heavy atom. The van der Waals surface area contributed by atoms with Crippen LogP contribution in [0.25, 0.3) is 10.8 Å². The summed E-state index contributed by atoms with van der Waals surface area (Å²) in [5.41, 5.74) is 7.41. The van der Waals surface area contributed by atoms with Gasteiger partial charge >= 0.3 is 0 Å². The number of carbonyl (C=O) groups excluding carboxylic acids is 6. The molecule has 330 valence electrons. The van der Waals surface area contributed by atoms with Crippen LogP contribution in [0.1, 0.15) is 61.2 Å². The fourth-order valence-corrected chi connectivity index (χ4v) is 7.11. The Morgan fingerprint density at radius 2 is 1.05 bits per heavy atom. The van der Waals surface area contributed by atoms with Gasteiger partial charge in [0.25, 0.3) is 5.91 Å². The van der Waals surface area contributed by atoms with Crippen molar-refractivity contribution in [2.45, 2.75) is 83.6 Å². The largest absolute Gasteiger partial charge is 0.507 e. The van der Waals surface area contributed by atoms with Gasteiger partial charge in [0.2, 0.25) is 29.5 Å². The van der Waals surface area contributed by atoms with Gasteiger partial charge in [0, 0.05) is 37.0 Å². The van der Waals surface area contributed by atoms with Crippen LogP contribution in [0.4, 0.5) is 0 Å². The Balaban J connectivity index is 1.44. The number of phenolic OH excluding ortho intramolecular Hbond substituents is 2. The summed E-state index contributed by atoms with van der Waals surface area (Å²) in [4.78, 5) is 86.8. The van der Waals surface area contributed by atoms with Gasteiger partial charge in [-0.2, -0.15) is 0 Å². The van der Waals surface area contributed by atoms with Crippen LogP contribution in [0.2, 0.25) is 0 Å². The number of primary amides is 1. The van der Waals surface area contributed by atoms with Crippen molar-refractivity contribution in [3.8, 4) is 11.5 Å². The molecule has 0 spiro atoms. The van der Waals surface area contributed by atoms with Crippen LogP contribution < -0.4 is 32.3 Å². The molecular weight excluding hydrogens is 803 g/mol. The second-order valence-electron chi connectivity index (χ2n) is 16.3. The number of hydrogen-bond donors (Lipinski definition) is 8. The molecule has 1 aromatic heterocycles. The van der Waals surface area contributed by atoms with Gasteiger partial charge in [-0.05, 0) is 70.7 Å². The highest BCUT2D eigenvalue weighted by atomic mass is 16.3. The Labute approximate surface area is 366 Å². The smallest absolute Gasteiger partial charge is 0.255 e. The number of nitrogens with zero attached hydrogens (tertiary/aromatic N) is 1. The van der Waals surface area contributed by atoms with E-state index in [-0.39, 0.29) is 42.2 Å². The first kappa shape index (κ1) is 46.8. The van der Waals surface area contributed by atoms with Crippen LogP contribution in [0.15, 0.2) is 116 Å². The monoisotopic (exact) mass is 857 g/mol. The molecule has 6 amide bonds. The minimum Gasteiger partial charge on any atom is -0.507 e. The highest BCUT2D eigenvalue weighted by Gasteiger charge is 2.34. The molecule has 4 aromatic carbocycles. The number of phenols is 2. The normalized spacial score (nSPS) is 13.6. The zero-order valence-electron chi connectivity index (χ0n) is 35.7. The first-order valence-corrected chi connectivity index (χ1v) is 20.8. The Bertz CT molecular complexity index is 2380. The molecule has 1 heterocycles. The number of pyridine rings is 1. The van der Waals surface area contributed by atoms with Crippen molar-refractivity contribution in [2.24, 2.45) is 17.6 Å². The number of nitrogens with one attached hydrogen (secondary N) is 5. The van der Waals surface area contributed by atoms with E-state index >= 15 is 0 Å². The molecule has 15 heteroatoms. The predicted octanol–water partition coefficient (Wildman–Crippen LogP) is 3.60. The molecule has 0 radical (unpaired) electrons. The van der Waals surface area contributed by atoms with E-state index in [1.807, 2.05) is 13.8 Å². The van der Waals surface area contributed by atoms with Gasteiger partial charge in [-0.3, -0.25) is 33.8 Å². The van der Waals surface area contributed by atoms with Gasteiger partial charge < -0.3 is 42.5 Å². The summed E-state index contributed by atoms with van der Waals surface area (Å²) in [7, 11) is 0. The fraction of sp³-hybridized carbons (Fsp3) is 0.312. The summed E-state index contributed by atoms with van der Waals surface area (Å²) >= 11 is 0. The fourth-order valence-electron chi connectivity index (χ4n) is 7.11. The highest BCUT2D eigenvalue weighted by molar-refractivity contribution is 6.04. The molecule has 15 nitrogen and oxygen atoms in total. The van der Waals surface area contributed by atoms with Gasteiger partial charge in [-0.15, -0.1) is 0 Å². The number of carbonyl (C=O) groups is 6. The number of benzene rings is 4. The topological polar surface area (TPSA) is 242 Å². The van der Waals surface area contributed by atoms with Crippen molar-refractivity contribution in [1.82, 2.24) is 31.6 Å². The summed E-state index contributed by atoms with van der Waals surface area (Å²) in [6.45, 7) is 7.23. The van der Waals surface area contributed by atoms with Crippen molar-refractivity contribution in [3.05, 3.63) is 138 Å². The number of rotatable bonds is 20. The van der Waals surface area contributed by atoms with Gasteiger partial charge in [0.1, 0.15) is 41.7 Å². The molecule has 0 fully saturated rings. The van der Waals surface area contributed by atoms with Crippen LogP contribution >= 0.6 is 0 Å². The van der Waals surface area contributed by atoms with E-state index in [1.165, 1.54) is 30.6 Å². The second kappa shape index (κ2) is 22.0. The first-order chi connectivity index (χ1) is 30.1. The second-order valence-corrected chi connectivity index (χ2v) is 16.3. The van der Waals surface area contributed by atoms with Gasteiger partial charge in [-0.25, -0.2) is 0 Å². The molecule has 0 bridgehead atoms. The van der Waals surface area contributed by atoms with E-state index in [1.54, 1.807) is 98.8 Å². The third-order valence-corrected chi connectivity index (χ3v) is 10.5. The van der Waals surface area contributed by atoms with E-state index in [0.717, 1.165) is 0 Å². The predicted molar refractivity (Wildman–Crippen MR) is 238 cm³/mol. The number of amides is 6. The summed E-state index contributed by atoms with van der Waals surface area (Å²) in [6.07, 6.45) is 3.32. The van der Waals surface area contributed by atoms with Crippen molar-refractivity contribution in [3.63, 3.8) is 0 Å². The Kier molecular flexibility index (Phi) is 16.3. The molecule has 0 aliphatic heterocycles. The van der Waals surface area contributed by atoms with Crippen LogP contribution in [-0.4, -0.2) is 80.8 Å². The molecule has 5 aromatic rings. The van der Waals surface area contributed by atoms with Crippen LogP contribution in [0.5, 0.6) is 11.5 Å². The lowest BCUT2D eigenvalue weighted by Crippen LogP contribution is -2.60. The number of aromatic hydroxyl groups is 2. The number of aromatic nitrogens is 1. The molecule has 63 heavy (non-hydrogen) atoms. The molecule has 0 aliphatic carbocycles. The van der Waals surface area contributed by atoms with Gasteiger partial charge in [0.05, 0.1) is 5.56 Å². The van der Waals surface area contributed by atoms with Crippen molar-refractivity contribution in [1.29, 1.82) is 0 Å². The van der Waals surface area contributed by atoms with Gasteiger partial charge in [-0.1, -0.05) is 100 Å². The molecule has 0 aliphatic rings. The zero-order valence-corrected chi connectivity index (χ0v) is 35.7. The lowest BCUT2D eigenvalue weighted by atomic mass is 9.98. The van der Waals surface area contributed by atoms with Gasteiger partial charge in [0.15, 0.2) is 0 Å². The lowest BCUT2D eigenvalue weighted by molar-refractivity contribution is -0.135. The third-order valence-electron chi connectivity index (χ3n) is 10.5. The third kappa shape index (κ3) is 13.3. The average molecular weight is 858 g/mol. The minimum absolute atomic E-state index is 0.0135. The molecule has 0 unspecified atom stereocenters.